The van der Waals surface area contributed by atoms with E-state index < -0.39 is 47.0 Å². The highest BCUT2D eigenvalue weighted by molar-refractivity contribution is 7.44. The number of imidazole rings is 1. The molecule has 1 fully saturated rings. The Morgan fingerprint density at radius 3 is 1.94 bits per heavy atom. The predicted octanol–water partition coefficient (Wildman–Crippen LogP) is 11.1. The minimum Gasteiger partial charge on any atom is -0.497 e. The highest BCUT2D eigenvalue weighted by Crippen LogP contribution is 2.53. The zero-order valence-electron chi connectivity index (χ0n) is 42.0. The first-order valence-electron chi connectivity index (χ1n) is 23.6. The average molecular weight is 988 g/mol. The van der Waals surface area contributed by atoms with Gasteiger partial charge in [-0.2, -0.15) is 5.26 Å². The van der Waals surface area contributed by atoms with Crippen molar-refractivity contribution in [3.05, 3.63) is 144 Å². The number of carbonyl (C=O) groups excluding carboxylic acids is 1. The minimum absolute atomic E-state index is 0.00550. The van der Waals surface area contributed by atoms with E-state index in [1.165, 1.54) is 6.33 Å². The number of nitrogens with one attached hydrogen (secondary N) is 1. The van der Waals surface area contributed by atoms with Crippen molar-refractivity contribution in [1.82, 2.24) is 24.2 Å². The van der Waals surface area contributed by atoms with Crippen LogP contribution in [0, 0.1) is 11.3 Å². The van der Waals surface area contributed by atoms with Gasteiger partial charge in [0, 0.05) is 17.6 Å². The molecule has 7 rings (SSSR count). The molecule has 70 heavy (non-hydrogen) atoms. The van der Waals surface area contributed by atoms with Crippen molar-refractivity contribution in [2.45, 2.75) is 115 Å². The van der Waals surface area contributed by atoms with Gasteiger partial charge in [-0.1, -0.05) is 93.6 Å². The van der Waals surface area contributed by atoms with Crippen LogP contribution < -0.4 is 14.8 Å². The van der Waals surface area contributed by atoms with Crippen LogP contribution in [0.5, 0.6) is 11.5 Å². The lowest BCUT2D eigenvalue weighted by molar-refractivity contribution is -0.0928. The van der Waals surface area contributed by atoms with Gasteiger partial charge in [0.1, 0.15) is 41.7 Å². The Kier molecular flexibility index (Phi) is 16.9. The number of nitriles is 1. The van der Waals surface area contributed by atoms with Crippen LogP contribution in [-0.2, 0) is 28.5 Å². The highest BCUT2D eigenvalue weighted by Gasteiger charge is 2.54. The largest absolute Gasteiger partial charge is 0.497 e. The molecule has 1 N–H and O–H groups in total. The van der Waals surface area contributed by atoms with Crippen LogP contribution in [-0.4, -0.2) is 96.2 Å². The van der Waals surface area contributed by atoms with E-state index >= 15 is 0 Å². The van der Waals surface area contributed by atoms with Gasteiger partial charge in [-0.25, -0.2) is 19.6 Å². The number of methoxy groups -OCH3 is 2. The van der Waals surface area contributed by atoms with E-state index in [0.29, 0.717) is 28.2 Å². The summed E-state index contributed by atoms with van der Waals surface area (Å²) < 4.78 is 51.7. The maximum Gasteiger partial charge on any atom is 0.259 e. The molecule has 370 valence electrons. The van der Waals surface area contributed by atoms with E-state index in [1.54, 1.807) is 44.8 Å². The van der Waals surface area contributed by atoms with E-state index in [0.717, 1.165) is 16.7 Å². The second-order valence-corrected chi connectivity index (χ2v) is 25.4. The maximum absolute atomic E-state index is 13.5. The SMILES string of the molecule is COc1ccc(C(OC[C@H]2O[C@@H](n3cnc4c(NC(=O)c5ccccc5)ncnc43)[C@H](OP(OCCC#N)N(C(C)C)C(C)C)C2O[Si](C)(C)C(C)(C)C)(c2ccccc2)c2ccc(OC)cc2)cc1. The van der Waals surface area contributed by atoms with Crippen molar-refractivity contribution in [1.29, 1.82) is 5.26 Å². The number of hydrogen-bond donors (Lipinski definition) is 1. The molecule has 15 nitrogen and oxygen atoms in total. The summed E-state index contributed by atoms with van der Waals surface area (Å²) in [5, 5.41) is 12.4. The molecule has 1 saturated heterocycles. The first-order valence-corrected chi connectivity index (χ1v) is 27.7. The molecule has 0 radical (unpaired) electrons. The van der Waals surface area contributed by atoms with Crippen molar-refractivity contribution in [2.24, 2.45) is 0 Å². The van der Waals surface area contributed by atoms with Gasteiger partial charge in [0.05, 0.1) is 46.3 Å². The fourth-order valence-corrected chi connectivity index (χ4v) is 11.5. The molecule has 0 aliphatic carbocycles. The van der Waals surface area contributed by atoms with E-state index in [2.05, 4.69) is 94.7 Å². The van der Waals surface area contributed by atoms with Crippen LogP contribution in [0.1, 0.15) is 88.2 Å². The first-order chi connectivity index (χ1) is 33.5. The minimum atomic E-state index is -2.65. The number of carbonyl (C=O) groups is 1. The Balaban J connectivity index is 1.40. The molecule has 4 aromatic carbocycles. The molecule has 1 amide bonds. The lowest BCUT2D eigenvalue weighted by atomic mass is 9.80. The van der Waals surface area contributed by atoms with Gasteiger partial charge in [-0.05, 0) is 98.9 Å². The smallest absolute Gasteiger partial charge is 0.259 e. The first kappa shape index (κ1) is 52.2. The third kappa shape index (κ3) is 11.3. The number of hydrogen-bond acceptors (Lipinski definition) is 13. The molecule has 2 unspecified atom stereocenters. The molecule has 0 spiro atoms. The second-order valence-electron chi connectivity index (χ2n) is 19.2. The molecular formula is C53H66N7O8PSi. The fourth-order valence-electron chi connectivity index (χ4n) is 8.42. The molecule has 17 heteroatoms. The van der Waals surface area contributed by atoms with Crippen LogP contribution >= 0.6 is 8.53 Å². The zero-order valence-corrected chi connectivity index (χ0v) is 43.9. The van der Waals surface area contributed by atoms with Crippen LogP contribution in [0.3, 0.4) is 0 Å². The Labute approximate surface area is 414 Å². The van der Waals surface area contributed by atoms with Crippen LogP contribution in [0.25, 0.3) is 11.2 Å². The van der Waals surface area contributed by atoms with Gasteiger partial charge in [0.15, 0.2) is 31.5 Å². The van der Waals surface area contributed by atoms with Crippen molar-refractivity contribution in [3.63, 3.8) is 0 Å². The van der Waals surface area contributed by atoms with E-state index in [1.807, 2.05) is 77.4 Å². The number of rotatable bonds is 21. The quantitative estimate of drug-likeness (QED) is 0.0314. The normalized spacial score (nSPS) is 18.1. The van der Waals surface area contributed by atoms with E-state index in [4.69, 9.17) is 42.4 Å². The van der Waals surface area contributed by atoms with Gasteiger partial charge in [-0.3, -0.25) is 9.36 Å². The predicted molar refractivity (Wildman–Crippen MR) is 274 cm³/mol. The Morgan fingerprint density at radius 1 is 0.829 bits per heavy atom. The molecular weight excluding hydrogens is 922 g/mol. The van der Waals surface area contributed by atoms with Crippen LogP contribution in [0.2, 0.25) is 18.1 Å². The van der Waals surface area contributed by atoms with Crippen LogP contribution in [0.4, 0.5) is 5.82 Å². The summed E-state index contributed by atoms with van der Waals surface area (Å²) >= 11 is 0. The lowest BCUT2D eigenvalue weighted by Gasteiger charge is -2.43. The van der Waals surface area contributed by atoms with Crippen molar-refractivity contribution in [2.75, 3.05) is 32.8 Å². The third-order valence-corrected chi connectivity index (χ3v) is 19.5. The molecule has 0 saturated carbocycles. The molecule has 5 atom stereocenters. The number of nitrogens with zero attached hydrogens (tertiary/aromatic N) is 6. The van der Waals surface area contributed by atoms with Crippen molar-refractivity contribution < 1.29 is 37.2 Å². The zero-order chi connectivity index (χ0) is 50.2. The van der Waals surface area contributed by atoms with E-state index in [9.17, 15) is 10.1 Å². The summed E-state index contributed by atoms with van der Waals surface area (Å²) in [5.41, 5.74) is 2.64. The standard InChI is InChI=1S/C53H66N7O8PSi/c1-36(2)60(37(3)4)69(65-32-18-31-54)67-47-46(68-70(10,11)52(5,6)7)44(66-51(47)59-35-57-45-48(55-34-56-49(45)59)58-50(61)38-19-14-12-15-20-38)33-64-53(39-21-16-13-17-22-39,40-23-27-42(62-8)28-24-40)41-25-29-43(63-9)30-26-41/h12-17,19-30,34-37,44,46-47,51H,18,32-33H2,1-11H3,(H,55,56,58,61)/t44-,46?,47-,51-,69?/m1/s1. The molecule has 2 aromatic heterocycles. The molecule has 6 aromatic rings. The van der Waals surface area contributed by atoms with Gasteiger partial charge in [0.25, 0.3) is 14.4 Å². The number of benzene rings is 4. The Bertz CT molecular complexity index is 2620. The summed E-state index contributed by atoms with van der Waals surface area (Å²) in [4.78, 5) is 27.5. The summed E-state index contributed by atoms with van der Waals surface area (Å²) in [6, 6.07) is 37.1. The number of amides is 1. The number of ether oxygens (including phenoxy) is 4. The van der Waals surface area contributed by atoms with Gasteiger partial charge in [0.2, 0.25) is 0 Å². The molecule has 3 heterocycles. The van der Waals surface area contributed by atoms with Crippen molar-refractivity contribution in [3.8, 4) is 17.6 Å². The van der Waals surface area contributed by atoms with Crippen molar-refractivity contribution >= 4 is 39.7 Å². The lowest BCUT2D eigenvalue weighted by Crippen LogP contribution is -2.51. The van der Waals surface area contributed by atoms with Crippen LogP contribution in [0.15, 0.2) is 122 Å². The number of aromatic nitrogens is 4. The van der Waals surface area contributed by atoms with Gasteiger partial charge < -0.3 is 37.7 Å². The Hall–Kier alpha value is -5.60. The molecule has 0 bridgehead atoms. The molecule has 1 aliphatic rings. The van der Waals surface area contributed by atoms with Gasteiger partial charge in [-0.15, -0.1) is 0 Å². The topological polar surface area (TPSA) is 164 Å². The monoisotopic (exact) mass is 987 g/mol. The highest BCUT2D eigenvalue weighted by atomic mass is 31.2. The maximum atomic E-state index is 13.5. The molecule has 1 aliphatic heterocycles. The summed E-state index contributed by atoms with van der Waals surface area (Å²) in [5.74, 6) is 1.30. The van der Waals surface area contributed by atoms with E-state index in [-0.39, 0.29) is 48.5 Å². The third-order valence-electron chi connectivity index (χ3n) is 12.9. The fraction of sp³-hybridized carbons (Fsp3) is 0.415. The average Bonchev–Trinajstić information content (AvgIpc) is 3.93. The Morgan fingerprint density at radius 2 is 1.40 bits per heavy atom. The summed E-state index contributed by atoms with van der Waals surface area (Å²) in [6.45, 7) is 19.6. The van der Waals surface area contributed by atoms with Gasteiger partial charge >= 0.3 is 0 Å². The number of anilines is 1. The number of fused-ring (bicyclic) bond motifs is 1. The summed E-state index contributed by atoms with van der Waals surface area (Å²) in [7, 11) is -1.19. The second kappa shape index (κ2) is 22.6. The summed E-state index contributed by atoms with van der Waals surface area (Å²) in [6.07, 6.45) is -0.0636.